The monoisotopic (exact) mass is 329 g/mol. The first kappa shape index (κ1) is 15.8. The van der Waals surface area contributed by atoms with Crippen molar-refractivity contribution in [2.75, 3.05) is 37.2 Å². The maximum absolute atomic E-state index is 6.08. The fourth-order valence-electron chi connectivity index (χ4n) is 2.61. The van der Waals surface area contributed by atoms with Crippen molar-refractivity contribution in [3.8, 4) is 11.1 Å². The van der Waals surface area contributed by atoms with Gasteiger partial charge in [0, 0.05) is 43.0 Å². The van der Waals surface area contributed by atoms with Crippen molar-refractivity contribution in [3.63, 3.8) is 0 Å². The minimum Gasteiger partial charge on any atom is -0.369 e. The van der Waals surface area contributed by atoms with Crippen LogP contribution in [-0.4, -0.2) is 41.0 Å². The molecule has 2 heterocycles. The summed E-state index contributed by atoms with van der Waals surface area (Å²) in [6.45, 7) is 4.00. The Morgan fingerprint density at radius 1 is 1.26 bits per heavy atom. The van der Waals surface area contributed by atoms with Crippen molar-refractivity contribution >= 4 is 23.4 Å². The molecule has 2 aromatic rings. The maximum Gasteiger partial charge on any atom is 0.221 e. The molecule has 0 radical (unpaired) electrons. The molecule has 6 heteroatoms. The Bertz CT molecular complexity index is 693. The van der Waals surface area contributed by atoms with Gasteiger partial charge in [-0.2, -0.15) is 4.98 Å². The van der Waals surface area contributed by atoms with Crippen molar-refractivity contribution < 1.29 is 0 Å². The minimum absolute atomic E-state index is 0.266. The Labute approximate surface area is 141 Å². The van der Waals surface area contributed by atoms with Crippen LogP contribution in [0.4, 0.5) is 11.8 Å². The van der Waals surface area contributed by atoms with Gasteiger partial charge in [0.15, 0.2) is 0 Å². The molecule has 0 amide bonds. The minimum atomic E-state index is 0.266. The lowest BCUT2D eigenvalue weighted by atomic mass is 10.1. The first-order chi connectivity index (χ1) is 11.2. The van der Waals surface area contributed by atoms with E-state index >= 15 is 0 Å². The smallest absolute Gasteiger partial charge is 0.221 e. The van der Waals surface area contributed by atoms with Gasteiger partial charge in [0.25, 0.3) is 0 Å². The van der Waals surface area contributed by atoms with Gasteiger partial charge in [-0.1, -0.05) is 35.9 Å². The normalized spacial score (nSPS) is 14.3. The molecule has 23 heavy (non-hydrogen) atoms. The van der Waals surface area contributed by atoms with Crippen molar-refractivity contribution in [3.05, 3.63) is 47.6 Å². The first-order valence-corrected chi connectivity index (χ1v) is 8.10. The molecule has 1 aliphatic rings. The quantitative estimate of drug-likeness (QED) is 0.630. The van der Waals surface area contributed by atoms with Crippen molar-refractivity contribution in [2.24, 2.45) is 0 Å². The molecule has 3 N–H and O–H groups in total. The number of hydrogen-bond donors (Lipinski definition) is 2. The summed E-state index contributed by atoms with van der Waals surface area (Å²) in [5, 5.41) is 4.06. The molecule has 3 rings (SSSR count). The third-order valence-electron chi connectivity index (χ3n) is 3.78. The number of anilines is 2. The summed E-state index contributed by atoms with van der Waals surface area (Å²) >= 11 is 6.08. The molecule has 0 fully saturated rings. The number of nitrogen functional groups attached to an aromatic ring is 1. The number of nitrogens with one attached hydrogen (secondary N) is 1. The molecule has 0 saturated carbocycles. The average molecular weight is 330 g/mol. The summed E-state index contributed by atoms with van der Waals surface area (Å²) < 4.78 is 0. The molecule has 120 valence electrons. The molecule has 1 aromatic heterocycles. The summed E-state index contributed by atoms with van der Waals surface area (Å²) in [6.07, 6.45) is 7.19. The average Bonchev–Trinajstić information content (AvgIpc) is 3.05. The van der Waals surface area contributed by atoms with Gasteiger partial charge < -0.3 is 11.1 Å². The molecule has 1 aliphatic heterocycles. The Morgan fingerprint density at radius 2 is 2.09 bits per heavy atom. The molecular formula is C17H20ClN5. The molecule has 0 bridgehead atoms. The molecule has 0 spiro atoms. The van der Waals surface area contributed by atoms with Gasteiger partial charge in [0.1, 0.15) is 5.82 Å². The second-order valence-corrected chi connectivity index (χ2v) is 5.95. The first-order valence-electron chi connectivity index (χ1n) is 7.72. The number of halogens is 1. The number of benzene rings is 1. The zero-order valence-electron chi connectivity index (χ0n) is 12.9. The lowest BCUT2D eigenvalue weighted by Gasteiger charge is -2.15. The third-order valence-corrected chi connectivity index (χ3v) is 4.02. The van der Waals surface area contributed by atoms with E-state index < -0.39 is 0 Å². The highest BCUT2D eigenvalue weighted by molar-refractivity contribution is 6.30. The van der Waals surface area contributed by atoms with Crippen LogP contribution in [-0.2, 0) is 0 Å². The van der Waals surface area contributed by atoms with Crippen LogP contribution in [0.2, 0.25) is 5.02 Å². The number of nitrogens with zero attached hydrogens (tertiary/aromatic N) is 3. The van der Waals surface area contributed by atoms with E-state index in [4.69, 9.17) is 17.3 Å². The lowest BCUT2D eigenvalue weighted by molar-refractivity contribution is 0.351. The van der Waals surface area contributed by atoms with Gasteiger partial charge in [-0.3, -0.25) is 4.90 Å². The molecule has 0 unspecified atom stereocenters. The van der Waals surface area contributed by atoms with Crippen LogP contribution >= 0.6 is 11.6 Å². The predicted octanol–water partition coefficient (Wildman–Crippen LogP) is 3.05. The Hall–Kier alpha value is -2.11. The Balaban J connectivity index is 1.66. The topological polar surface area (TPSA) is 67.1 Å². The maximum atomic E-state index is 6.08. The fourth-order valence-corrected chi connectivity index (χ4v) is 2.80. The van der Waals surface area contributed by atoms with E-state index in [0.29, 0.717) is 5.02 Å². The molecule has 0 aliphatic carbocycles. The van der Waals surface area contributed by atoms with Gasteiger partial charge in [-0.25, -0.2) is 4.98 Å². The van der Waals surface area contributed by atoms with Crippen molar-refractivity contribution in [2.45, 2.75) is 6.42 Å². The summed E-state index contributed by atoms with van der Waals surface area (Å²) in [5.74, 6) is 1.02. The van der Waals surface area contributed by atoms with Crippen LogP contribution in [0.3, 0.4) is 0 Å². The highest BCUT2D eigenvalue weighted by atomic mass is 35.5. The van der Waals surface area contributed by atoms with Crippen molar-refractivity contribution in [1.29, 1.82) is 0 Å². The molecular weight excluding hydrogens is 310 g/mol. The Kier molecular flexibility index (Phi) is 5.10. The Morgan fingerprint density at radius 3 is 2.87 bits per heavy atom. The number of nitrogens with two attached hydrogens (primary N) is 1. The third kappa shape index (κ3) is 4.21. The number of hydrogen-bond acceptors (Lipinski definition) is 5. The highest BCUT2D eigenvalue weighted by Crippen LogP contribution is 2.28. The van der Waals surface area contributed by atoms with Gasteiger partial charge in [-0.15, -0.1) is 0 Å². The van der Waals surface area contributed by atoms with Crippen LogP contribution in [0, 0.1) is 0 Å². The zero-order valence-corrected chi connectivity index (χ0v) is 13.6. The predicted molar refractivity (Wildman–Crippen MR) is 95.6 cm³/mol. The van der Waals surface area contributed by atoms with E-state index in [1.807, 2.05) is 24.3 Å². The van der Waals surface area contributed by atoms with E-state index in [9.17, 15) is 0 Å². The summed E-state index contributed by atoms with van der Waals surface area (Å²) in [7, 11) is 0. The van der Waals surface area contributed by atoms with E-state index in [1.165, 1.54) is 0 Å². The van der Waals surface area contributed by atoms with Crippen LogP contribution < -0.4 is 11.1 Å². The van der Waals surface area contributed by atoms with Gasteiger partial charge in [0.05, 0.1) is 0 Å². The SMILES string of the molecule is Nc1ncc(-c2cccc(Cl)c2)c(NCCCN2CC=CC2)n1. The number of rotatable bonds is 6. The second kappa shape index (κ2) is 7.44. The largest absolute Gasteiger partial charge is 0.369 e. The zero-order chi connectivity index (χ0) is 16.1. The summed E-state index contributed by atoms with van der Waals surface area (Å²) in [6, 6.07) is 7.65. The highest BCUT2D eigenvalue weighted by Gasteiger charge is 2.10. The molecule has 0 saturated heterocycles. The standard InChI is InChI=1S/C17H20ClN5/c18-14-6-3-5-13(11-14)15-12-21-17(19)22-16(15)20-7-4-10-23-8-1-2-9-23/h1-3,5-6,11-12H,4,7-10H2,(H3,19,20,21,22). The molecule has 0 atom stereocenters. The van der Waals surface area contributed by atoms with E-state index in [1.54, 1.807) is 6.20 Å². The van der Waals surface area contributed by atoms with E-state index in [2.05, 4.69) is 32.3 Å². The van der Waals surface area contributed by atoms with E-state index in [-0.39, 0.29) is 5.95 Å². The van der Waals surface area contributed by atoms with Gasteiger partial charge in [0.2, 0.25) is 5.95 Å². The van der Waals surface area contributed by atoms with Gasteiger partial charge in [-0.05, 0) is 24.1 Å². The van der Waals surface area contributed by atoms with Crippen molar-refractivity contribution in [1.82, 2.24) is 14.9 Å². The molecule has 5 nitrogen and oxygen atoms in total. The number of aromatic nitrogens is 2. The molecule has 1 aromatic carbocycles. The van der Waals surface area contributed by atoms with Crippen LogP contribution in [0.25, 0.3) is 11.1 Å². The van der Waals surface area contributed by atoms with Crippen LogP contribution in [0.1, 0.15) is 6.42 Å². The summed E-state index contributed by atoms with van der Waals surface area (Å²) in [5.41, 5.74) is 7.62. The fraction of sp³-hybridized carbons (Fsp3) is 0.294. The lowest BCUT2D eigenvalue weighted by Crippen LogP contribution is -2.23. The summed E-state index contributed by atoms with van der Waals surface area (Å²) in [4.78, 5) is 10.8. The van der Waals surface area contributed by atoms with Crippen LogP contribution in [0.5, 0.6) is 0 Å². The van der Waals surface area contributed by atoms with Crippen LogP contribution in [0.15, 0.2) is 42.6 Å². The van der Waals surface area contributed by atoms with E-state index in [0.717, 1.165) is 49.5 Å². The second-order valence-electron chi connectivity index (χ2n) is 5.51. The van der Waals surface area contributed by atoms with Gasteiger partial charge >= 0.3 is 0 Å².